The lowest BCUT2D eigenvalue weighted by Gasteiger charge is -2.15. The van der Waals surface area contributed by atoms with Gasteiger partial charge in [-0.05, 0) is 17.7 Å². The highest BCUT2D eigenvalue weighted by Gasteiger charge is 2.30. The maximum Gasteiger partial charge on any atom is 0.393 e. The molecule has 21 heavy (non-hydrogen) atoms. The Balaban J connectivity index is 2.71. The first kappa shape index (κ1) is 15.7. The normalized spacial score (nSPS) is 13.2. The molecule has 0 bridgehead atoms. The van der Waals surface area contributed by atoms with Crippen molar-refractivity contribution in [3.05, 3.63) is 53.8 Å². The Labute approximate surface area is 118 Å². The molecule has 1 atom stereocenters. The van der Waals surface area contributed by atoms with Crippen LogP contribution in [0, 0.1) is 5.82 Å². The minimum absolute atomic E-state index is 0.111. The molecule has 0 amide bonds. The number of halogens is 4. The standard InChI is InChI=1S/C14H11F4O2P/c15-11-6-2-1-5-10(11)13-9(8-14(16,17)18)4-3-7-12(13)21(19)20/h1-7,21H,8H2,(H,19,20). The Hall–Kier alpha value is -1.65. The fraction of sp³-hybridized carbons (Fsp3) is 0.143. The van der Waals surface area contributed by atoms with Crippen LogP contribution in [0.4, 0.5) is 17.6 Å². The maximum atomic E-state index is 13.9. The number of benzene rings is 2. The van der Waals surface area contributed by atoms with Gasteiger partial charge in [-0.15, -0.1) is 0 Å². The predicted molar refractivity (Wildman–Crippen MR) is 72.4 cm³/mol. The average molecular weight is 318 g/mol. The summed E-state index contributed by atoms with van der Waals surface area (Å²) in [5, 5.41) is -0.174. The highest BCUT2D eigenvalue weighted by Crippen LogP contribution is 2.33. The van der Waals surface area contributed by atoms with Crippen molar-refractivity contribution in [2.45, 2.75) is 12.6 Å². The van der Waals surface area contributed by atoms with Gasteiger partial charge in [0.15, 0.2) is 0 Å². The third kappa shape index (κ3) is 3.71. The van der Waals surface area contributed by atoms with E-state index in [1.54, 1.807) is 0 Å². The Kier molecular flexibility index (Phi) is 4.49. The van der Waals surface area contributed by atoms with E-state index in [0.29, 0.717) is 0 Å². The van der Waals surface area contributed by atoms with Gasteiger partial charge in [0.05, 0.1) is 6.42 Å². The van der Waals surface area contributed by atoms with Gasteiger partial charge in [0, 0.05) is 16.4 Å². The second kappa shape index (κ2) is 6.00. The van der Waals surface area contributed by atoms with Gasteiger partial charge >= 0.3 is 6.18 Å². The lowest BCUT2D eigenvalue weighted by molar-refractivity contribution is -0.127. The SMILES string of the molecule is O=[PH](O)c1cccc(CC(F)(F)F)c1-c1ccccc1F. The highest BCUT2D eigenvalue weighted by atomic mass is 31.1. The van der Waals surface area contributed by atoms with Gasteiger partial charge in [-0.1, -0.05) is 30.3 Å². The third-order valence-corrected chi connectivity index (χ3v) is 3.79. The summed E-state index contributed by atoms with van der Waals surface area (Å²) in [6, 6.07) is 8.93. The van der Waals surface area contributed by atoms with E-state index >= 15 is 0 Å². The van der Waals surface area contributed by atoms with Crippen LogP contribution in [0.25, 0.3) is 11.1 Å². The molecule has 1 unspecified atom stereocenters. The van der Waals surface area contributed by atoms with Crippen LogP contribution in [0.15, 0.2) is 42.5 Å². The summed E-state index contributed by atoms with van der Waals surface area (Å²) in [4.78, 5) is 9.32. The first-order valence-electron chi connectivity index (χ1n) is 5.96. The van der Waals surface area contributed by atoms with Crippen molar-refractivity contribution in [2.24, 2.45) is 0 Å². The molecule has 0 heterocycles. The van der Waals surface area contributed by atoms with Crippen LogP contribution in [0.5, 0.6) is 0 Å². The van der Waals surface area contributed by atoms with Gasteiger partial charge in [-0.25, -0.2) is 4.39 Å². The second-order valence-electron chi connectivity index (χ2n) is 4.42. The van der Waals surface area contributed by atoms with E-state index < -0.39 is 26.4 Å². The van der Waals surface area contributed by atoms with Crippen molar-refractivity contribution in [1.29, 1.82) is 0 Å². The first-order valence-corrected chi connectivity index (χ1v) is 7.32. The molecule has 7 heteroatoms. The fourth-order valence-electron chi connectivity index (χ4n) is 2.12. The van der Waals surface area contributed by atoms with Crippen LogP contribution in [-0.2, 0) is 11.0 Å². The molecule has 1 N–H and O–H groups in total. The molecule has 0 radical (unpaired) electrons. The van der Waals surface area contributed by atoms with Crippen molar-refractivity contribution in [1.82, 2.24) is 0 Å². The summed E-state index contributed by atoms with van der Waals surface area (Å²) in [7, 11) is -3.27. The number of rotatable bonds is 3. The van der Waals surface area contributed by atoms with Gasteiger partial charge in [-0.2, -0.15) is 13.2 Å². The fourth-order valence-corrected chi connectivity index (χ4v) is 2.87. The minimum Gasteiger partial charge on any atom is -0.343 e. The smallest absolute Gasteiger partial charge is 0.343 e. The Morgan fingerprint density at radius 2 is 1.71 bits per heavy atom. The summed E-state index contributed by atoms with van der Waals surface area (Å²) in [5.41, 5.74) is -0.489. The Morgan fingerprint density at radius 1 is 1.05 bits per heavy atom. The molecule has 2 aromatic rings. The quantitative estimate of drug-likeness (QED) is 0.692. The number of hydrogen-bond acceptors (Lipinski definition) is 1. The van der Waals surface area contributed by atoms with Crippen molar-refractivity contribution >= 4 is 13.3 Å². The third-order valence-electron chi connectivity index (χ3n) is 2.92. The number of hydrogen-bond donors (Lipinski definition) is 1. The Morgan fingerprint density at radius 3 is 2.29 bits per heavy atom. The van der Waals surface area contributed by atoms with Crippen LogP contribution >= 0.6 is 8.03 Å². The molecular weight excluding hydrogens is 307 g/mol. The summed E-state index contributed by atoms with van der Waals surface area (Å²) in [6.45, 7) is 0. The van der Waals surface area contributed by atoms with Gasteiger partial charge in [0.1, 0.15) is 5.82 Å². The predicted octanol–water partition coefficient (Wildman–Crippen LogP) is 3.69. The van der Waals surface area contributed by atoms with Gasteiger partial charge < -0.3 is 4.89 Å². The molecule has 2 nitrogen and oxygen atoms in total. The molecule has 0 aromatic heterocycles. The minimum atomic E-state index is -4.50. The zero-order valence-electron chi connectivity index (χ0n) is 10.6. The van der Waals surface area contributed by atoms with Crippen LogP contribution < -0.4 is 5.30 Å². The van der Waals surface area contributed by atoms with Gasteiger partial charge in [-0.3, -0.25) is 4.57 Å². The average Bonchev–Trinajstić information content (AvgIpc) is 2.37. The lowest BCUT2D eigenvalue weighted by atomic mass is 9.97. The van der Waals surface area contributed by atoms with E-state index in [4.69, 9.17) is 0 Å². The van der Waals surface area contributed by atoms with Crippen LogP contribution in [-0.4, -0.2) is 11.1 Å². The van der Waals surface area contributed by atoms with E-state index in [-0.39, 0.29) is 22.0 Å². The maximum absolute atomic E-state index is 13.9. The monoisotopic (exact) mass is 318 g/mol. The molecular formula is C14H11F4O2P. The molecule has 0 aliphatic rings. The highest BCUT2D eigenvalue weighted by molar-refractivity contribution is 7.47. The number of alkyl halides is 3. The van der Waals surface area contributed by atoms with E-state index in [2.05, 4.69) is 0 Å². The zero-order valence-corrected chi connectivity index (χ0v) is 11.6. The lowest BCUT2D eigenvalue weighted by Crippen LogP contribution is -2.15. The van der Waals surface area contributed by atoms with E-state index in [0.717, 1.165) is 6.07 Å². The summed E-state index contributed by atoms with van der Waals surface area (Å²) < 4.78 is 63.2. The van der Waals surface area contributed by atoms with Crippen molar-refractivity contribution in [3.63, 3.8) is 0 Å². The molecule has 0 saturated carbocycles. The summed E-state index contributed by atoms with van der Waals surface area (Å²) >= 11 is 0. The molecule has 0 aliphatic heterocycles. The molecule has 2 aromatic carbocycles. The van der Waals surface area contributed by atoms with Gasteiger partial charge in [0.2, 0.25) is 8.03 Å². The summed E-state index contributed by atoms with van der Waals surface area (Å²) in [5.74, 6) is -0.739. The molecule has 0 fully saturated rings. The van der Waals surface area contributed by atoms with E-state index in [9.17, 15) is 27.0 Å². The van der Waals surface area contributed by atoms with Crippen LogP contribution in [0.2, 0.25) is 0 Å². The summed E-state index contributed by atoms with van der Waals surface area (Å²) in [6.07, 6.45) is -5.79. The topological polar surface area (TPSA) is 37.3 Å². The second-order valence-corrected chi connectivity index (χ2v) is 5.57. The molecule has 0 aliphatic carbocycles. The zero-order chi connectivity index (χ0) is 15.6. The van der Waals surface area contributed by atoms with E-state index in [1.165, 1.54) is 36.4 Å². The van der Waals surface area contributed by atoms with Crippen LogP contribution in [0.3, 0.4) is 0 Å². The molecule has 112 valence electrons. The van der Waals surface area contributed by atoms with Crippen LogP contribution in [0.1, 0.15) is 5.56 Å². The Bertz CT molecular complexity index is 683. The van der Waals surface area contributed by atoms with E-state index in [1.807, 2.05) is 0 Å². The van der Waals surface area contributed by atoms with Crippen molar-refractivity contribution < 1.29 is 27.0 Å². The largest absolute Gasteiger partial charge is 0.393 e. The first-order chi connectivity index (χ1) is 9.79. The van der Waals surface area contributed by atoms with Crippen molar-refractivity contribution in [2.75, 3.05) is 0 Å². The van der Waals surface area contributed by atoms with Gasteiger partial charge in [0.25, 0.3) is 0 Å². The van der Waals surface area contributed by atoms with Crippen molar-refractivity contribution in [3.8, 4) is 11.1 Å². The molecule has 0 spiro atoms. The molecule has 0 saturated heterocycles. The molecule has 2 rings (SSSR count).